The molecule has 0 saturated heterocycles. The molecule has 0 bridgehead atoms. The SMILES string of the molecule is Cc1cc(/C=N/NC(=O)Cc2ccc(C(F)(F)F)cc2[N+](=O)[O-])c(C)n1-c1ccc2c(c1)OCO2. The van der Waals surface area contributed by atoms with Crippen LogP contribution in [0.25, 0.3) is 5.69 Å². The molecule has 2 heterocycles. The molecular formula is C23H19F3N4O5. The number of rotatable bonds is 6. The topological polar surface area (TPSA) is 108 Å². The lowest BCUT2D eigenvalue weighted by molar-refractivity contribution is -0.385. The Balaban J connectivity index is 1.47. The fourth-order valence-corrected chi connectivity index (χ4v) is 3.79. The molecule has 1 aromatic heterocycles. The molecule has 0 fully saturated rings. The fourth-order valence-electron chi connectivity index (χ4n) is 3.79. The van der Waals surface area contributed by atoms with E-state index in [1.807, 2.05) is 42.7 Å². The van der Waals surface area contributed by atoms with Gasteiger partial charge in [-0.05, 0) is 38.1 Å². The quantitative estimate of drug-likeness (QED) is 0.314. The third-order valence-corrected chi connectivity index (χ3v) is 5.44. The van der Waals surface area contributed by atoms with Crippen molar-refractivity contribution in [3.8, 4) is 17.2 Å². The number of carbonyl (C=O) groups is 1. The van der Waals surface area contributed by atoms with E-state index in [-0.39, 0.29) is 12.4 Å². The first-order valence-corrected chi connectivity index (χ1v) is 10.3. The summed E-state index contributed by atoms with van der Waals surface area (Å²) in [7, 11) is 0. The van der Waals surface area contributed by atoms with Crippen molar-refractivity contribution in [2.24, 2.45) is 5.10 Å². The summed E-state index contributed by atoms with van der Waals surface area (Å²) in [6.45, 7) is 3.93. The first kappa shape index (κ1) is 23.8. The number of alkyl halides is 3. The Hall–Kier alpha value is -4.35. The maximum atomic E-state index is 12.8. The molecule has 0 spiro atoms. The van der Waals surface area contributed by atoms with Gasteiger partial charge in [0.05, 0.1) is 23.1 Å². The van der Waals surface area contributed by atoms with Gasteiger partial charge >= 0.3 is 6.18 Å². The Morgan fingerprint density at radius 3 is 2.63 bits per heavy atom. The van der Waals surface area contributed by atoms with E-state index < -0.39 is 34.7 Å². The van der Waals surface area contributed by atoms with E-state index in [4.69, 9.17) is 9.47 Å². The number of halogens is 3. The lowest BCUT2D eigenvalue weighted by atomic mass is 10.1. The molecule has 12 heteroatoms. The van der Waals surface area contributed by atoms with Crippen molar-refractivity contribution in [2.45, 2.75) is 26.4 Å². The van der Waals surface area contributed by atoms with Crippen LogP contribution in [0.3, 0.4) is 0 Å². The van der Waals surface area contributed by atoms with Crippen LogP contribution in [0.2, 0.25) is 0 Å². The maximum Gasteiger partial charge on any atom is 0.416 e. The van der Waals surface area contributed by atoms with Crippen molar-refractivity contribution in [3.05, 3.63) is 80.7 Å². The van der Waals surface area contributed by atoms with Gasteiger partial charge < -0.3 is 14.0 Å². The van der Waals surface area contributed by atoms with Crippen LogP contribution in [0.15, 0.2) is 47.6 Å². The summed E-state index contributed by atoms with van der Waals surface area (Å²) in [4.78, 5) is 22.5. The van der Waals surface area contributed by atoms with Crippen molar-refractivity contribution in [3.63, 3.8) is 0 Å². The summed E-state index contributed by atoms with van der Waals surface area (Å²) >= 11 is 0. The predicted octanol–water partition coefficient (Wildman–Crippen LogP) is 4.44. The highest BCUT2D eigenvalue weighted by molar-refractivity contribution is 5.85. The number of nitrogens with one attached hydrogen (secondary N) is 1. The Labute approximate surface area is 196 Å². The van der Waals surface area contributed by atoms with Gasteiger partial charge in [-0.3, -0.25) is 14.9 Å². The third-order valence-electron chi connectivity index (χ3n) is 5.44. The molecule has 0 radical (unpaired) electrons. The number of nitro benzene ring substituents is 1. The number of ether oxygens (including phenoxy) is 2. The first-order chi connectivity index (χ1) is 16.5. The zero-order valence-electron chi connectivity index (χ0n) is 18.5. The zero-order valence-corrected chi connectivity index (χ0v) is 18.5. The van der Waals surface area contributed by atoms with E-state index in [1.54, 1.807) is 0 Å². The summed E-state index contributed by atoms with van der Waals surface area (Å²) < 4.78 is 51.3. The lowest BCUT2D eigenvalue weighted by Crippen LogP contribution is -2.20. The van der Waals surface area contributed by atoms with Crippen LogP contribution in [0.4, 0.5) is 18.9 Å². The summed E-state index contributed by atoms with van der Waals surface area (Å²) in [6.07, 6.45) is -3.82. The maximum absolute atomic E-state index is 12.8. The largest absolute Gasteiger partial charge is 0.454 e. The van der Waals surface area contributed by atoms with Gasteiger partial charge in [-0.15, -0.1) is 0 Å². The van der Waals surface area contributed by atoms with Crippen LogP contribution in [0, 0.1) is 24.0 Å². The standard InChI is InChI=1S/C23H19F3N4O5/c1-13-7-16(14(2)29(13)18-5-6-20-21(10-18)35-12-34-20)11-27-28-22(31)8-15-3-4-17(23(24,25)26)9-19(15)30(32)33/h3-7,9-11H,8,12H2,1-2H3,(H,28,31)/b27-11+. The van der Waals surface area contributed by atoms with Crippen LogP contribution in [0.1, 0.15) is 28.1 Å². The molecule has 0 atom stereocenters. The van der Waals surface area contributed by atoms with Crippen LogP contribution in [-0.2, 0) is 17.4 Å². The number of nitrogens with zero attached hydrogens (tertiary/aromatic N) is 3. The minimum atomic E-state index is -4.73. The van der Waals surface area contributed by atoms with Crippen LogP contribution < -0.4 is 14.9 Å². The number of hydrogen-bond donors (Lipinski definition) is 1. The molecule has 1 aliphatic heterocycles. The molecule has 0 saturated carbocycles. The van der Waals surface area contributed by atoms with Gasteiger partial charge in [-0.1, -0.05) is 6.07 Å². The van der Waals surface area contributed by atoms with E-state index in [9.17, 15) is 28.1 Å². The second kappa shape index (κ2) is 9.12. The molecule has 2 aromatic carbocycles. The number of benzene rings is 2. The van der Waals surface area contributed by atoms with Gasteiger partial charge in [0, 0.05) is 40.3 Å². The number of hydrazone groups is 1. The average Bonchev–Trinajstić information content (AvgIpc) is 3.36. The molecule has 182 valence electrons. The number of nitro groups is 1. The predicted molar refractivity (Wildman–Crippen MR) is 119 cm³/mol. The van der Waals surface area contributed by atoms with E-state index in [0.29, 0.717) is 29.2 Å². The van der Waals surface area contributed by atoms with E-state index in [1.165, 1.54) is 6.21 Å². The molecule has 1 aliphatic rings. The highest BCUT2D eigenvalue weighted by Crippen LogP contribution is 2.35. The molecule has 0 aliphatic carbocycles. The van der Waals surface area contributed by atoms with Crippen LogP contribution >= 0.6 is 0 Å². The second-order valence-electron chi connectivity index (χ2n) is 7.77. The third kappa shape index (κ3) is 4.95. The van der Waals surface area contributed by atoms with Crippen molar-refractivity contribution >= 4 is 17.8 Å². The molecule has 9 nitrogen and oxygen atoms in total. The van der Waals surface area contributed by atoms with Gasteiger partial charge in [0.25, 0.3) is 5.69 Å². The number of carbonyl (C=O) groups excluding carboxylic acids is 1. The highest BCUT2D eigenvalue weighted by Gasteiger charge is 2.33. The average molecular weight is 488 g/mol. The van der Waals surface area contributed by atoms with Crippen LogP contribution in [0.5, 0.6) is 11.5 Å². The van der Waals surface area contributed by atoms with Gasteiger partial charge in [-0.2, -0.15) is 18.3 Å². The molecule has 1 N–H and O–H groups in total. The van der Waals surface area contributed by atoms with Crippen molar-refractivity contribution in [1.82, 2.24) is 9.99 Å². The Kier molecular flexibility index (Phi) is 6.20. The summed E-state index contributed by atoms with van der Waals surface area (Å²) in [6, 6.07) is 9.43. The molecule has 1 amide bonds. The molecule has 35 heavy (non-hydrogen) atoms. The lowest BCUT2D eigenvalue weighted by Gasteiger charge is -2.10. The van der Waals surface area contributed by atoms with E-state index in [2.05, 4.69) is 10.5 Å². The fraction of sp³-hybridized carbons (Fsp3) is 0.217. The minimum absolute atomic E-state index is 0.156. The van der Waals surface area contributed by atoms with Gasteiger partial charge in [0.15, 0.2) is 11.5 Å². The molecule has 3 aromatic rings. The summed E-state index contributed by atoms with van der Waals surface area (Å²) in [5.41, 5.74) is 3.44. The van der Waals surface area contributed by atoms with E-state index in [0.717, 1.165) is 23.1 Å². The van der Waals surface area contributed by atoms with Gasteiger partial charge in [0.2, 0.25) is 12.7 Å². The van der Waals surface area contributed by atoms with E-state index >= 15 is 0 Å². The number of fused-ring (bicyclic) bond motifs is 1. The zero-order chi connectivity index (χ0) is 25.3. The molecule has 0 unspecified atom stereocenters. The first-order valence-electron chi connectivity index (χ1n) is 10.3. The highest BCUT2D eigenvalue weighted by atomic mass is 19.4. The van der Waals surface area contributed by atoms with Gasteiger partial charge in [-0.25, -0.2) is 5.43 Å². The second-order valence-corrected chi connectivity index (χ2v) is 7.77. The van der Waals surface area contributed by atoms with Crippen molar-refractivity contribution in [1.29, 1.82) is 0 Å². The Morgan fingerprint density at radius 2 is 1.91 bits per heavy atom. The minimum Gasteiger partial charge on any atom is -0.454 e. The monoisotopic (exact) mass is 488 g/mol. The number of hydrogen-bond acceptors (Lipinski definition) is 6. The van der Waals surface area contributed by atoms with Crippen LogP contribution in [-0.4, -0.2) is 28.4 Å². The summed E-state index contributed by atoms with van der Waals surface area (Å²) in [5, 5.41) is 15.1. The number of aryl methyl sites for hydroxylation is 1. The Bertz CT molecular complexity index is 1350. The molecule has 4 rings (SSSR count). The smallest absolute Gasteiger partial charge is 0.416 e. The summed E-state index contributed by atoms with van der Waals surface area (Å²) in [5.74, 6) is 0.581. The van der Waals surface area contributed by atoms with Crippen molar-refractivity contribution < 1.29 is 32.4 Å². The number of aromatic nitrogens is 1. The normalized spacial score (nSPS) is 12.8. The van der Waals surface area contributed by atoms with Gasteiger partial charge in [0.1, 0.15) is 0 Å². The molecular weight excluding hydrogens is 469 g/mol. The Morgan fingerprint density at radius 1 is 1.17 bits per heavy atom. The van der Waals surface area contributed by atoms with Crippen molar-refractivity contribution in [2.75, 3.05) is 6.79 Å². The number of amides is 1.